The average Bonchev–Trinajstić information content (AvgIpc) is 3.52. The molecule has 2 unspecified atom stereocenters. The molecular formula is C26H32N5O2S+. The van der Waals surface area contributed by atoms with E-state index in [0.29, 0.717) is 11.5 Å². The number of methoxy groups -OCH3 is 2. The number of piperidine rings is 1. The number of hydrogen-bond donors (Lipinski definition) is 0. The van der Waals surface area contributed by atoms with Crippen LogP contribution in [-0.2, 0) is 13.0 Å². The first-order chi connectivity index (χ1) is 16.7. The van der Waals surface area contributed by atoms with Crippen molar-refractivity contribution < 1.29 is 9.47 Å². The van der Waals surface area contributed by atoms with Crippen LogP contribution in [0.25, 0.3) is 10.2 Å². The zero-order valence-electron chi connectivity index (χ0n) is 20.1. The number of hydrogen-bond acceptors (Lipinski definition) is 6. The standard InChI is InChI=1S/C26H32N5O2S/c1-4-19-8-10-22-25(14-19)34(18-27-22)26(20-9-11-23(32-2)24(15-20)33-3)31-17-21(28-29-31)16-30-12-6-5-7-13-30/h8-11,14-15,17-18,26H,4-7,12-13,16H2,1-3H3/q+1. The van der Waals surface area contributed by atoms with E-state index in [4.69, 9.17) is 14.5 Å². The lowest BCUT2D eigenvalue weighted by Gasteiger charge is -2.25. The molecule has 2 aromatic carbocycles. The van der Waals surface area contributed by atoms with Gasteiger partial charge in [0.05, 0.1) is 26.1 Å². The number of aromatic nitrogens is 4. The summed E-state index contributed by atoms with van der Waals surface area (Å²) < 4.78 is 14.4. The van der Waals surface area contributed by atoms with Crippen molar-refractivity contribution in [2.75, 3.05) is 27.3 Å². The van der Waals surface area contributed by atoms with Crippen molar-refractivity contribution in [3.05, 3.63) is 64.9 Å². The van der Waals surface area contributed by atoms with Gasteiger partial charge in [0.15, 0.2) is 11.5 Å². The van der Waals surface area contributed by atoms with Crippen LogP contribution in [0, 0.1) is 0 Å². The minimum Gasteiger partial charge on any atom is -0.493 e. The third-order valence-electron chi connectivity index (χ3n) is 6.56. The van der Waals surface area contributed by atoms with Crippen molar-refractivity contribution in [2.45, 2.75) is 44.5 Å². The Kier molecular flexibility index (Phi) is 6.78. The zero-order chi connectivity index (χ0) is 23.5. The zero-order valence-corrected chi connectivity index (χ0v) is 20.9. The number of rotatable bonds is 8. The first-order valence-electron chi connectivity index (χ1n) is 11.9. The second kappa shape index (κ2) is 10.1. The van der Waals surface area contributed by atoms with Gasteiger partial charge in [0.25, 0.3) is 5.37 Å². The van der Waals surface area contributed by atoms with E-state index in [-0.39, 0.29) is 15.8 Å². The Morgan fingerprint density at radius 1 is 1.00 bits per heavy atom. The van der Waals surface area contributed by atoms with E-state index in [1.54, 1.807) is 14.2 Å². The Morgan fingerprint density at radius 2 is 1.82 bits per heavy atom. The lowest BCUT2D eigenvalue weighted by atomic mass is 10.1. The highest BCUT2D eigenvalue weighted by molar-refractivity contribution is 7.36. The molecule has 1 aliphatic heterocycles. The maximum Gasteiger partial charge on any atom is 0.258 e. The van der Waals surface area contributed by atoms with E-state index in [2.05, 4.69) is 64.2 Å². The Bertz CT molecular complexity index is 1260. The Morgan fingerprint density at radius 3 is 2.59 bits per heavy atom. The molecule has 1 aliphatic rings. The van der Waals surface area contributed by atoms with Crippen molar-refractivity contribution in [1.29, 1.82) is 0 Å². The third kappa shape index (κ3) is 4.52. The van der Waals surface area contributed by atoms with Crippen LogP contribution in [0.1, 0.15) is 48.4 Å². The number of fused-ring (bicyclic) bond motifs is 1. The van der Waals surface area contributed by atoms with Crippen molar-refractivity contribution >= 4 is 20.7 Å². The summed E-state index contributed by atoms with van der Waals surface area (Å²) in [4.78, 5) is 7.24. The number of ether oxygens (including phenoxy) is 2. The van der Waals surface area contributed by atoms with Crippen molar-refractivity contribution in [1.82, 2.24) is 24.9 Å². The van der Waals surface area contributed by atoms with Gasteiger partial charge in [-0.3, -0.25) is 4.90 Å². The highest BCUT2D eigenvalue weighted by Gasteiger charge is 2.31. The third-order valence-corrected chi connectivity index (χ3v) is 8.69. The van der Waals surface area contributed by atoms with Crippen LogP contribution in [0.15, 0.2) is 48.1 Å². The summed E-state index contributed by atoms with van der Waals surface area (Å²) >= 11 is 0. The Hall–Kier alpha value is -2.97. The van der Waals surface area contributed by atoms with E-state index in [0.717, 1.165) is 42.8 Å². The molecule has 0 bridgehead atoms. The molecule has 4 aromatic rings. The van der Waals surface area contributed by atoms with Gasteiger partial charge in [0.1, 0.15) is 5.52 Å². The van der Waals surface area contributed by atoms with E-state index in [1.807, 2.05) is 10.7 Å². The topological polar surface area (TPSA) is 65.3 Å². The first-order valence-corrected chi connectivity index (χ1v) is 13.3. The molecular weight excluding hydrogens is 446 g/mol. The largest absolute Gasteiger partial charge is 0.493 e. The van der Waals surface area contributed by atoms with Gasteiger partial charge in [0.2, 0.25) is 10.2 Å². The molecule has 0 aliphatic carbocycles. The first kappa shape index (κ1) is 22.8. The molecule has 3 heterocycles. The number of benzene rings is 2. The SMILES string of the molecule is CCc1ccc2nc[s+](C(c3ccc(OC)c(OC)c3)n3cc(CN4CCCCC4)nn3)c2c1. The number of nitrogens with zero attached hydrogens (tertiary/aromatic N) is 5. The molecule has 2 aromatic heterocycles. The molecule has 5 rings (SSSR count). The monoisotopic (exact) mass is 478 g/mol. The molecule has 178 valence electrons. The van der Waals surface area contributed by atoms with Gasteiger partial charge >= 0.3 is 0 Å². The van der Waals surface area contributed by atoms with Gasteiger partial charge < -0.3 is 9.47 Å². The normalized spacial score (nSPS) is 16.0. The molecule has 0 spiro atoms. The van der Waals surface area contributed by atoms with Crippen molar-refractivity contribution in [3.8, 4) is 11.5 Å². The van der Waals surface area contributed by atoms with Gasteiger partial charge in [0, 0.05) is 28.6 Å². The van der Waals surface area contributed by atoms with Crippen LogP contribution in [-0.4, -0.2) is 52.2 Å². The highest BCUT2D eigenvalue weighted by atomic mass is 32.2. The smallest absolute Gasteiger partial charge is 0.258 e. The maximum absolute atomic E-state index is 5.63. The fraction of sp³-hybridized carbons (Fsp3) is 0.423. The molecule has 0 amide bonds. The minimum atomic E-state index is -0.307. The summed E-state index contributed by atoms with van der Waals surface area (Å²) in [6.45, 7) is 5.30. The molecule has 0 radical (unpaired) electrons. The fourth-order valence-corrected chi connectivity index (χ4v) is 6.81. The lowest BCUT2D eigenvalue weighted by Crippen LogP contribution is -2.29. The van der Waals surface area contributed by atoms with Gasteiger partial charge in [-0.05, 0) is 62.2 Å². The molecule has 1 fully saturated rings. The van der Waals surface area contributed by atoms with Gasteiger partial charge in [-0.2, -0.15) is 9.67 Å². The van der Waals surface area contributed by atoms with E-state index in [1.165, 1.54) is 29.5 Å². The van der Waals surface area contributed by atoms with Crippen LogP contribution >= 0.6 is 10.5 Å². The molecule has 2 atom stereocenters. The number of likely N-dealkylation sites (tertiary alicyclic amines) is 1. The van der Waals surface area contributed by atoms with Crippen LogP contribution in [0.5, 0.6) is 11.5 Å². The minimum absolute atomic E-state index is 0.0699. The molecule has 34 heavy (non-hydrogen) atoms. The number of aryl methyl sites for hydroxylation is 1. The second-order valence-corrected chi connectivity index (χ2v) is 10.6. The fourth-order valence-electron chi connectivity index (χ4n) is 4.69. The molecule has 0 N–H and O–H groups in total. The van der Waals surface area contributed by atoms with Crippen LogP contribution in [0.3, 0.4) is 0 Å². The summed E-state index contributed by atoms with van der Waals surface area (Å²) in [7, 11) is 3.02. The molecule has 7 nitrogen and oxygen atoms in total. The van der Waals surface area contributed by atoms with Crippen LogP contribution < -0.4 is 9.47 Å². The maximum atomic E-state index is 5.63. The van der Waals surface area contributed by atoms with Gasteiger partial charge in [-0.25, -0.2) is 0 Å². The van der Waals surface area contributed by atoms with Crippen molar-refractivity contribution in [2.24, 2.45) is 0 Å². The predicted octanol–water partition coefficient (Wildman–Crippen LogP) is 5.24. The van der Waals surface area contributed by atoms with Crippen LogP contribution in [0.2, 0.25) is 0 Å². The van der Waals surface area contributed by atoms with Gasteiger partial charge in [-0.1, -0.05) is 24.6 Å². The molecule has 0 saturated carbocycles. The van der Waals surface area contributed by atoms with E-state index in [9.17, 15) is 0 Å². The molecule has 1 saturated heterocycles. The van der Waals surface area contributed by atoms with Crippen molar-refractivity contribution in [3.63, 3.8) is 0 Å². The number of thiazole rings is 1. The average molecular weight is 479 g/mol. The van der Waals surface area contributed by atoms with E-state index < -0.39 is 0 Å². The Balaban J connectivity index is 1.59. The summed E-state index contributed by atoms with van der Waals surface area (Å²) in [5, 5.41) is 9.13. The van der Waals surface area contributed by atoms with Crippen LogP contribution in [0.4, 0.5) is 0 Å². The lowest BCUT2D eigenvalue weighted by molar-refractivity contribution is 0.218. The summed E-state index contributed by atoms with van der Waals surface area (Å²) in [6.07, 6.45) is 6.96. The predicted molar refractivity (Wildman–Crippen MR) is 136 cm³/mol. The second-order valence-electron chi connectivity index (χ2n) is 8.76. The summed E-state index contributed by atoms with van der Waals surface area (Å²) in [5.74, 6) is 1.42. The Labute approximate surface area is 203 Å². The summed E-state index contributed by atoms with van der Waals surface area (Å²) in [5.41, 5.74) is 6.54. The summed E-state index contributed by atoms with van der Waals surface area (Å²) in [6, 6.07) is 12.7. The highest BCUT2D eigenvalue weighted by Crippen LogP contribution is 2.45. The van der Waals surface area contributed by atoms with Gasteiger partial charge in [-0.15, -0.1) is 5.10 Å². The quantitative estimate of drug-likeness (QED) is 0.323. The van der Waals surface area contributed by atoms with E-state index >= 15 is 0 Å². The molecule has 8 heteroatoms.